The van der Waals surface area contributed by atoms with Crippen molar-refractivity contribution in [1.82, 2.24) is 0 Å². The summed E-state index contributed by atoms with van der Waals surface area (Å²) in [6, 6.07) is 12.5. The molecule has 3 aliphatic rings. The van der Waals surface area contributed by atoms with Crippen LogP contribution in [-0.2, 0) is 19.1 Å². The SMILES string of the molecule is CC(=O)c1cccc(NC(=O)COC(=O)c2cccc(N3C(=O)[C@H]4[C@H](C3=O)[C@H]3C=C[C@H]4C3)c2)c1. The molecule has 0 unspecified atom stereocenters. The monoisotopic (exact) mass is 458 g/mol. The zero-order valence-corrected chi connectivity index (χ0v) is 18.4. The summed E-state index contributed by atoms with van der Waals surface area (Å²) in [4.78, 5) is 63.4. The number of Topliss-reactive ketones (excluding diaryl/α,β-unsaturated/α-hetero) is 1. The van der Waals surface area contributed by atoms with E-state index in [2.05, 4.69) is 5.32 Å². The van der Waals surface area contributed by atoms with Gasteiger partial charge in [-0.25, -0.2) is 9.69 Å². The van der Waals surface area contributed by atoms with Crippen molar-refractivity contribution in [3.8, 4) is 0 Å². The number of ketones is 1. The molecule has 8 nitrogen and oxygen atoms in total. The van der Waals surface area contributed by atoms with E-state index < -0.39 is 18.5 Å². The number of allylic oxidation sites excluding steroid dienone is 2. The molecule has 0 radical (unpaired) electrons. The first kappa shape index (κ1) is 21.8. The molecule has 34 heavy (non-hydrogen) atoms. The summed E-state index contributed by atoms with van der Waals surface area (Å²) >= 11 is 0. The molecule has 3 amide bonds. The van der Waals surface area contributed by atoms with Crippen LogP contribution in [0.3, 0.4) is 0 Å². The van der Waals surface area contributed by atoms with Crippen molar-refractivity contribution < 1.29 is 28.7 Å². The van der Waals surface area contributed by atoms with Gasteiger partial charge in [0.2, 0.25) is 11.8 Å². The summed E-state index contributed by atoms with van der Waals surface area (Å²) < 4.78 is 5.11. The van der Waals surface area contributed by atoms with Crippen molar-refractivity contribution >= 4 is 40.8 Å². The molecule has 8 heteroatoms. The van der Waals surface area contributed by atoms with Crippen LogP contribution in [0.1, 0.15) is 34.1 Å². The Morgan fingerprint density at radius 2 is 1.59 bits per heavy atom. The fraction of sp³-hybridized carbons (Fsp3) is 0.269. The first-order chi connectivity index (χ1) is 16.3. The Bertz CT molecular complexity index is 1240. The number of rotatable bonds is 6. The first-order valence-corrected chi connectivity index (χ1v) is 11.1. The minimum Gasteiger partial charge on any atom is -0.452 e. The Morgan fingerprint density at radius 1 is 0.941 bits per heavy atom. The molecule has 2 fully saturated rings. The quantitative estimate of drug-likeness (QED) is 0.308. The van der Waals surface area contributed by atoms with Crippen LogP contribution in [0.2, 0.25) is 0 Å². The lowest BCUT2D eigenvalue weighted by atomic mass is 9.85. The highest BCUT2D eigenvalue weighted by atomic mass is 16.5. The zero-order chi connectivity index (χ0) is 24.0. The van der Waals surface area contributed by atoms with Crippen molar-refractivity contribution in [2.45, 2.75) is 13.3 Å². The molecular weight excluding hydrogens is 436 g/mol. The van der Waals surface area contributed by atoms with Crippen LogP contribution in [0, 0.1) is 23.7 Å². The number of imide groups is 1. The van der Waals surface area contributed by atoms with Gasteiger partial charge in [-0.1, -0.05) is 30.4 Å². The number of anilines is 2. The number of carbonyl (C=O) groups excluding carboxylic acids is 5. The van der Waals surface area contributed by atoms with Gasteiger partial charge in [0.25, 0.3) is 5.91 Å². The maximum absolute atomic E-state index is 13.0. The van der Waals surface area contributed by atoms with Crippen LogP contribution < -0.4 is 10.2 Å². The van der Waals surface area contributed by atoms with Gasteiger partial charge in [0.1, 0.15) is 0 Å². The van der Waals surface area contributed by atoms with Gasteiger partial charge in [-0.05, 0) is 55.5 Å². The van der Waals surface area contributed by atoms with Crippen molar-refractivity contribution in [1.29, 1.82) is 0 Å². The van der Waals surface area contributed by atoms with Crippen molar-refractivity contribution in [2.24, 2.45) is 23.7 Å². The standard InChI is InChI=1S/C26H22N2O6/c1-14(29)15-4-2-6-19(11-15)27-21(30)13-34-26(33)18-5-3-7-20(12-18)28-24(31)22-16-8-9-17(10-16)23(22)25(28)32/h2-9,11-12,16-17,22-23H,10,13H2,1H3,(H,27,30)/t16-,17-,22+,23+/m0/s1. The van der Waals surface area contributed by atoms with E-state index in [4.69, 9.17) is 4.74 Å². The second-order valence-electron chi connectivity index (χ2n) is 8.82. The van der Waals surface area contributed by atoms with Gasteiger partial charge in [0.05, 0.1) is 23.1 Å². The summed E-state index contributed by atoms with van der Waals surface area (Å²) in [5.41, 5.74) is 1.31. The molecule has 1 saturated carbocycles. The third-order valence-corrected chi connectivity index (χ3v) is 6.70. The fourth-order valence-corrected chi connectivity index (χ4v) is 5.16. The van der Waals surface area contributed by atoms with E-state index in [-0.39, 0.29) is 46.8 Å². The number of esters is 1. The number of ether oxygens (including phenoxy) is 1. The van der Waals surface area contributed by atoms with Crippen molar-refractivity contribution in [3.63, 3.8) is 0 Å². The minimum atomic E-state index is -0.754. The Balaban J connectivity index is 1.23. The van der Waals surface area contributed by atoms with Crippen LogP contribution in [0.4, 0.5) is 11.4 Å². The van der Waals surface area contributed by atoms with E-state index in [1.165, 1.54) is 30.0 Å². The summed E-state index contributed by atoms with van der Waals surface area (Å²) in [5, 5.41) is 2.58. The number of nitrogens with one attached hydrogen (secondary N) is 1. The van der Waals surface area contributed by atoms with E-state index >= 15 is 0 Å². The number of carbonyl (C=O) groups is 5. The minimum absolute atomic E-state index is 0.0965. The summed E-state index contributed by atoms with van der Waals surface area (Å²) in [7, 11) is 0. The molecule has 0 aromatic heterocycles. The largest absolute Gasteiger partial charge is 0.452 e. The van der Waals surface area contributed by atoms with Gasteiger partial charge >= 0.3 is 5.97 Å². The zero-order valence-electron chi connectivity index (χ0n) is 18.4. The van der Waals surface area contributed by atoms with Crippen molar-refractivity contribution in [2.75, 3.05) is 16.8 Å². The number of fused-ring (bicyclic) bond motifs is 5. The van der Waals surface area contributed by atoms with Gasteiger partial charge in [0.15, 0.2) is 12.4 Å². The molecule has 172 valence electrons. The number of amides is 3. The van der Waals surface area contributed by atoms with Crippen LogP contribution in [0.15, 0.2) is 60.7 Å². The van der Waals surface area contributed by atoms with Crippen molar-refractivity contribution in [3.05, 3.63) is 71.8 Å². The molecule has 2 aliphatic carbocycles. The Labute approximate surface area is 195 Å². The van der Waals surface area contributed by atoms with E-state index in [9.17, 15) is 24.0 Å². The first-order valence-electron chi connectivity index (χ1n) is 11.1. The van der Waals surface area contributed by atoms with Crippen LogP contribution in [0.25, 0.3) is 0 Å². The normalized spacial score (nSPS) is 24.3. The number of benzene rings is 2. The Hall–Kier alpha value is -4.07. The number of nitrogens with zero attached hydrogens (tertiary/aromatic N) is 1. The molecule has 5 rings (SSSR count). The van der Waals surface area contributed by atoms with Crippen LogP contribution in [-0.4, -0.2) is 36.1 Å². The van der Waals surface area contributed by atoms with Gasteiger partial charge in [0, 0.05) is 11.3 Å². The highest BCUT2D eigenvalue weighted by Gasteiger charge is 2.59. The average Bonchev–Trinajstić information content (AvgIpc) is 3.51. The van der Waals surface area contributed by atoms with Gasteiger partial charge in [-0.3, -0.25) is 19.2 Å². The lowest BCUT2D eigenvalue weighted by Crippen LogP contribution is -2.33. The average molecular weight is 458 g/mol. The second-order valence-corrected chi connectivity index (χ2v) is 8.82. The van der Waals surface area contributed by atoms with E-state index in [0.717, 1.165) is 6.42 Å². The third kappa shape index (κ3) is 3.71. The number of hydrogen-bond acceptors (Lipinski definition) is 6. The Kier molecular flexibility index (Phi) is 5.36. The van der Waals surface area contributed by atoms with Gasteiger partial charge in [-0.15, -0.1) is 0 Å². The highest BCUT2D eigenvalue weighted by molar-refractivity contribution is 6.23. The lowest BCUT2D eigenvalue weighted by Gasteiger charge is -2.18. The Morgan fingerprint density at radius 3 is 2.26 bits per heavy atom. The molecule has 2 aromatic carbocycles. The highest BCUT2D eigenvalue weighted by Crippen LogP contribution is 2.53. The topological polar surface area (TPSA) is 110 Å². The van der Waals surface area contributed by atoms with Gasteiger partial charge < -0.3 is 10.1 Å². The van der Waals surface area contributed by atoms with E-state index in [1.807, 2.05) is 12.2 Å². The van der Waals surface area contributed by atoms with Crippen LogP contribution in [0.5, 0.6) is 0 Å². The molecule has 1 heterocycles. The maximum Gasteiger partial charge on any atom is 0.338 e. The molecule has 1 N–H and O–H groups in total. The molecule has 1 aliphatic heterocycles. The number of hydrogen-bond donors (Lipinski definition) is 1. The summed E-state index contributed by atoms with van der Waals surface area (Å²) in [5.74, 6) is -2.38. The fourth-order valence-electron chi connectivity index (χ4n) is 5.16. The second kappa shape index (κ2) is 8.37. The molecule has 4 atom stereocenters. The lowest BCUT2D eigenvalue weighted by molar-refractivity contribution is -0.123. The molecule has 0 spiro atoms. The van der Waals surface area contributed by atoms with Gasteiger partial charge in [-0.2, -0.15) is 0 Å². The summed E-state index contributed by atoms with van der Waals surface area (Å²) in [6.45, 7) is 0.891. The summed E-state index contributed by atoms with van der Waals surface area (Å²) in [6.07, 6.45) is 4.89. The predicted octanol–water partition coefficient (Wildman–Crippen LogP) is 3.00. The predicted molar refractivity (Wildman–Crippen MR) is 122 cm³/mol. The molecule has 2 aromatic rings. The smallest absolute Gasteiger partial charge is 0.338 e. The van der Waals surface area contributed by atoms with E-state index in [0.29, 0.717) is 16.9 Å². The maximum atomic E-state index is 13.0. The third-order valence-electron chi connectivity index (χ3n) is 6.70. The molecular formula is C26H22N2O6. The van der Waals surface area contributed by atoms with Crippen LogP contribution >= 0.6 is 0 Å². The van der Waals surface area contributed by atoms with E-state index in [1.54, 1.807) is 30.3 Å². The molecule has 2 bridgehead atoms. The molecule has 1 saturated heterocycles.